The molecule has 2 fully saturated rings. The molecule has 2 bridgehead atoms. The van der Waals surface area contributed by atoms with Gasteiger partial charge in [-0.3, -0.25) is 33.8 Å². The molecule has 0 aliphatic carbocycles. The van der Waals surface area contributed by atoms with E-state index in [2.05, 4.69) is 26.7 Å². The summed E-state index contributed by atoms with van der Waals surface area (Å²) in [5.41, 5.74) is 2.98. The van der Waals surface area contributed by atoms with Gasteiger partial charge in [-0.15, -0.1) is 0 Å². The van der Waals surface area contributed by atoms with E-state index in [4.69, 9.17) is 9.47 Å². The van der Waals surface area contributed by atoms with Crippen LogP contribution in [0.1, 0.15) is 147 Å². The lowest BCUT2D eigenvalue weighted by atomic mass is 9.76. The number of ketones is 1. The fourth-order valence-corrected chi connectivity index (χ4v) is 10.2. The van der Waals surface area contributed by atoms with Crippen LogP contribution < -0.4 is 26.7 Å². The molecule has 0 aromatic heterocycles. The summed E-state index contributed by atoms with van der Waals surface area (Å²) in [6, 6.07) is -3.57. The second-order valence-electron chi connectivity index (χ2n) is 22.5. The summed E-state index contributed by atoms with van der Waals surface area (Å²) in [5, 5.41) is 58.1. The van der Waals surface area contributed by atoms with Gasteiger partial charge in [-0.2, -0.15) is 0 Å². The molecule has 9 N–H and O–H groups in total. The summed E-state index contributed by atoms with van der Waals surface area (Å²) in [6.07, 6.45) is 14.7. The minimum Gasteiger partial charge on any atom is -0.456 e. The van der Waals surface area contributed by atoms with Gasteiger partial charge in [-0.05, 0) is 88.4 Å². The molecule has 16 unspecified atom stereocenters. The number of esters is 1. The van der Waals surface area contributed by atoms with Crippen LogP contribution in [0.5, 0.6) is 0 Å². The Hall–Kier alpha value is -5.31. The Bertz CT molecular complexity index is 2260. The number of fused-ring (bicyclic) bond motifs is 2. The molecule has 4 aliphatic heterocycles. The van der Waals surface area contributed by atoms with Gasteiger partial charge in [0.1, 0.15) is 35.7 Å². The van der Waals surface area contributed by atoms with Crippen molar-refractivity contribution < 1.29 is 63.5 Å². The first-order valence-corrected chi connectivity index (χ1v) is 28.3. The van der Waals surface area contributed by atoms with Crippen LogP contribution in [-0.4, -0.2) is 134 Å². The number of allylic oxidation sites excluding steroid dienone is 6. The Balaban J connectivity index is 1.58. The van der Waals surface area contributed by atoms with Gasteiger partial charge in [0.05, 0.1) is 36.4 Å². The number of ether oxygens (including phenoxy) is 2. The van der Waals surface area contributed by atoms with E-state index >= 15 is 0 Å². The second-order valence-corrected chi connectivity index (χ2v) is 22.5. The summed E-state index contributed by atoms with van der Waals surface area (Å²) in [7, 11) is 0. The number of rotatable bonds is 17. The fourth-order valence-electron chi connectivity index (χ4n) is 10.2. The number of aliphatic hydroxyl groups is 4. The number of amides is 5. The summed E-state index contributed by atoms with van der Waals surface area (Å²) in [4.78, 5) is 94.4. The number of aliphatic hydroxyl groups excluding tert-OH is 4. The molecule has 0 spiro atoms. The average Bonchev–Trinajstić information content (AvgIpc) is 3.47. The van der Waals surface area contributed by atoms with Gasteiger partial charge < -0.3 is 56.0 Å². The van der Waals surface area contributed by atoms with Crippen molar-refractivity contribution in [3.05, 3.63) is 72.0 Å². The minimum atomic E-state index is -1.45. The molecule has 4 aliphatic rings. The zero-order chi connectivity index (χ0) is 58.0. The van der Waals surface area contributed by atoms with Gasteiger partial charge in [0, 0.05) is 61.6 Å². The predicted molar refractivity (Wildman–Crippen MR) is 296 cm³/mol. The molecule has 4 heterocycles. The Kier molecular flexibility index (Phi) is 25.8. The molecule has 436 valence electrons. The number of carbonyl (C=O) groups is 7. The van der Waals surface area contributed by atoms with E-state index in [-0.39, 0.29) is 74.0 Å². The smallest absolute Gasteiger partial charge is 0.325 e. The molecule has 78 heavy (non-hydrogen) atoms. The van der Waals surface area contributed by atoms with Crippen molar-refractivity contribution in [2.24, 2.45) is 41.4 Å². The predicted octanol–water partition coefficient (Wildman–Crippen LogP) is 4.81. The van der Waals surface area contributed by atoms with Crippen LogP contribution in [0.15, 0.2) is 72.0 Å². The third-order valence-electron chi connectivity index (χ3n) is 16.2. The number of cyclic esters (lactones) is 1. The van der Waals surface area contributed by atoms with Gasteiger partial charge in [0.25, 0.3) is 5.91 Å². The highest BCUT2D eigenvalue weighted by Crippen LogP contribution is 2.40. The Morgan fingerprint density at radius 3 is 2.32 bits per heavy atom. The van der Waals surface area contributed by atoms with Gasteiger partial charge in [-0.1, -0.05) is 111 Å². The van der Waals surface area contributed by atoms with E-state index in [1.54, 1.807) is 45.1 Å². The van der Waals surface area contributed by atoms with Gasteiger partial charge in [0.15, 0.2) is 0 Å². The largest absolute Gasteiger partial charge is 0.456 e. The van der Waals surface area contributed by atoms with Crippen molar-refractivity contribution in [1.29, 1.82) is 0 Å². The highest BCUT2D eigenvalue weighted by Gasteiger charge is 2.51. The molecule has 5 amide bonds. The first kappa shape index (κ1) is 65.2. The third kappa shape index (κ3) is 18.4. The quantitative estimate of drug-likeness (QED) is 0.0699. The molecule has 16 atom stereocenters. The highest BCUT2D eigenvalue weighted by atomic mass is 16.5. The lowest BCUT2D eigenvalue weighted by molar-refractivity contribution is -0.242. The van der Waals surface area contributed by atoms with Crippen LogP contribution >= 0.6 is 0 Å². The Morgan fingerprint density at radius 2 is 1.67 bits per heavy atom. The SMILES string of the molecule is CCC(C)C(=O)NC1(CC)OC(CC(O)C(C)CCC=CC=C(C)C2CC=CC=CC(O)C(C)C(O)C(CCC(C)=O)C(=O)NC(C(C)C)C(=O)NC(C=C3CC=CC(=O)N3)C(=O)N3CCCC(N3)C(=O)O2)C(C)C(O)C1C. The number of hydrogen-bond acceptors (Lipinski definition) is 14. The maximum atomic E-state index is 14.5. The van der Waals surface area contributed by atoms with Crippen molar-refractivity contribution in [3.8, 4) is 0 Å². The van der Waals surface area contributed by atoms with E-state index in [9.17, 15) is 54.0 Å². The van der Waals surface area contributed by atoms with E-state index in [1.807, 2.05) is 66.7 Å². The van der Waals surface area contributed by atoms with Crippen LogP contribution in [0.3, 0.4) is 0 Å². The van der Waals surface area contributed by atoms with Crippen LogP contribution in [0, 0.1) is 41.4 Å². The van der Waals surface area contributed by atoms with E-state index in [0.717, 1.165) is 0 Å². The zero-order valence-electron chi connectivity index (χ0n) is 47.9. The highest BCUT2D eigenvalue weighted by molar-refractivity contribution is 5.94. The standard InChI is InChI=1S/C59H92N6O13/c1-12-35(5)54(72)63-59(13-2)41(11)52(70)40(10)49(78-59)33-47(68)36(6)22-16-14-17-23-37(7)48-27-19-15-18-26-46(67)39(9)53(71)43(30-29-38(8)66)55(73)62-51(34(3)4)56(74)61-45(32-42-24-20-28-50(69)60-42)57(75)65-31-21-25-44(64-65)58(76)77-48/h14-15,17-20,23,26,28,32,34-36,39-41,43-49,51-53,64,67-68,70-71H,12-13,16,21-22,24-25,27,29-31,33H2,1-11H3,(H,60,69)(H,61,74)(H,62,73)(H,63,72). The first-order chi connectivity index (χ1) is 36.8. The van der Waals surface area contributed by atoms with Crippen molar-refractivity contribution in [3.63, 3.8) is 0 Å². The van der Waals surface area contributed by atoms with Gasteiger partial charge in [0.2, 0.25) is 23.6 Å². The molecule has 0 saturated carbocycles. The van der Waals surface area contributed by atoms with Crippen LogP contribution in [0.25, 0.3) is 0 Å². The average molecular weight is 1090 g/mol. The normalized spacial score (nSPS) is 33.1. The van der Waals surface area contributed by atoms with Crippen molar-refractivity contribution in [2.75, 3.05) is 6.54 Å². The number of hydrazine groups is 1. The first-order valence-electron chi connectivity index (χ1n) is 28.3. The van der Waals surface area contributed by atoms with Gasteiger partial charge >= 0.3 is 5.97 Å². The third-order valence-corrected chi connectivity index (χ3v) is 16.2. The molecule has 2 saturated heterocycles. The number of nitrogens with zero attached hydrogens (tertiary/aromatic N) is 1. The number of Topliss-reactive ketones (excluding diaryl/α,β-unsaturated/α-hetero) is 1. The molecule has 0 aromatic carbocycles. The zero-order valence-corrected chi connectivity index (χ0v) is 47.9. The minimum absolute atomic E-state index is 0.0479. The monoisotopic (exact) mass is 1090 g/mol. The summed E-state index contributed by atoms with van der Waals surface area (Å²) in [6.45, 7) is 19.8. The topological polar surface area (TPSA) is 282 Å². The molecule has 0 aromatic rings. The lowest BCUT2D eigenvalue weighted by Crippen LogP contribution is -2.65. The summed E-state index contributed by atoms with van der Waals surface area (Å²) >= 11 is 0. The Labute approximate surface area is 462 Å². The molecule has 4 rings (SSSR count). The summed E-state index contributed by atoms with van der Waals surface area (Å²) < 4.78 is 12.8. The molecule has 19 nitrogen and oxygen atoms in total. The van der Waals surface area contributed by atoms with E-state index in [1.165, 1.54) is 30.2 Å². The molecular formula is C59H92N6O13. The van der Waals surface area contributed by atoms with Gasteiger partial charge in [-0.25, -0.2) is 5.43 Å². The summed E-state index contributed by atoms with van der Waals surface area (Å²) in [5.74, 6) is -7.14. The fraction of sp³-hybridized carbons (Fsp3) is 0.678. The number of hydrogen-bond donors (Lipinski definition) is 9. The van der Waals surface area contributed by atoms with Crippen LogP contribution in [-0.2, 0) is 43.0 Å². The number of nitrogens with one attached hydrogen (secondary N) is 5. The van der Waals surface area contributed by atoms with E-state index in [0.29, 0.717) is 49.8 Å². The van der Waals surface area contributed by atoms with E-state index < -0.39 is 108 Å². The van der Waals surface area contributed by atoms with Crippen LogP contribution in [0.2, 0.25) is 0 Å². The molecular weight excluding hydrogens is 1000 g/mol. The lowest BCUT2D eigenvalue weighted by Gasteiger charge is -2.51. The molecule has 19 heteroatoms. The molecule has 0 radical (unpaired) electrons. The Morgan fingerprint density at radius 1 is 0.949 bits per heavy atom. The second kappa shape index (κ2) is 30.9. The van der Waals surface area contributed by atoms with Crippen LogP contribution in [0.4, 0.5) is 0 Å². The van der Waals surface area contributed by atoms with Crippen molar-refractivity contribution in [2.45, 2.75) is 207 Å². The maximum Gasteiger partial charge on any atom is 0.325 e. The maximum absolute atomic E-state index is 14.5. The number of carbonyl (C=O) groups excluding carboxylic acids is 7. The van der Waals surface area contributed by atoms with Crippen molar-refractivity contribution in [1.82, 2.24) is 31.7 Å². The van der Waals surface area contributed by atoms with Crippen molar-refractivity contribution >= 4 is 41.3 Å².